The van der Waals surface area contributed by atoms with Gasteiger partial charge in [-0.2, -0.15) is 0 Å². The van der Waals surface area contributed by atoms with Crippen molar-refractivity contribution >= 4 is 16.9 Å². The minimum atomic E-state index is -0.408. The van der Waals surface area contributed by atoms with Gasteiger partial charge in [0.15, 0.2) is 5.43 Å². The zero-order valence-electron chi connectivity index (χ0n) is 13.8. The Kier molecular flexibility index (Phi) is 3.10. The minimum Gasteiger partial charge on any atom is -0.450 e. The number of hydrogen-bond donors (Lipinski definition) is 0. The van der Waals surface area contributed by atoms with Crippen LogP contribution in [0.1, 0.15) is 38.9 Å². The quantitative estimate of drug-likeness (QED) is 0.689. The van der Waals surface area contributed by atoms with Crippen molar-refractivity contribution < 1.29 is 9.21 Å². The molecule has 0 saturated heterocycles. The third kappa shape index (κ3) is 1.99. The van der Waals surface area contributed by atoms with E-state index in [0.29, 0.717) is 16.5 Å². The Bertz CT molecular complexity index is 1030. The van der Waals surface area contributed by atoms with Crippen LogP contribution in [0.4, 0.5) is 0 Å². The summed E-state index contributed by atoms with van der Waals surface area (Å²) in [5, 5.41) is 0.522. The highest BCUT2D eigenvalue weighted by atomic mass is 16.3. The van der Waals surface area contributed by atoms with E-state index in [1.54, 1.807) is 18.0 Å². The average molecular weight is 319 g/mol. The average Bonchev–Trinajstić information content (AvgIpc) is 2.82. The van der Waals surface area contributed by atoms with Crippen LogP contribution in [-0.2, 0) is 0 Å². The van der Waals surface area contributed by atoms with Crippen molar-refractivity contribution in [3.8, 4) is 0 Å². The predicted molar refractivity (Wildman–Crippen MR) is 92.3 cm³/mol. The summed E-state index contributed by atoms with van der Waals surface area (Å²) in [5.74, 6) is -0.0976. The van der Waals surface area contributed by atoms with Crippen LogP contribution in [0.5, 0.6) is 0 Å². The molecule has 4 rings (SSSR count). The molecular weight excluding hydrogens is 302 g/mol. The molecule has 2 aromatic carbocycles. The normalized spacial score (nSPS) is 16.7. The van der Waals surface area contributed by atoms with Crippen molar-refractivity contribution in [2.24, 2.45) is 0 Å². The highest BCUT2D eigenvalue weighted by Crippen LogP contribution is 2.36. The summed E-state index contributed by atoms with van der Waals surface area (Å²) in [4.78, 5) is 27.3. The Morgan fingerprint density at radius 2 is 1.62 bits per heavy atom. The Balaban J connectivity index is 2.03. The fourth-order valence-electron chi connectivity index (χ4n) is 3.34. The molecule has 3 aromatic rings. The SMILES string of the molecule is Cc1ccc([C@H]2c3c(oc4ccc(C)cc4c3=O)C(=O)N2C)cc1. The number of nitrogens with zero attached hydrogens (tertiary/aromatic N) is 1. The standard InChI is InChI=1S/C20H17NO3/c1-11-4-7-13(8-5-11)17-16-18(22)14-10-12(2)6-9-15(14)24-19(16)20(23)21(17)3/h4-10,17H,1-3H3/t17-/m0/s1. The lowest BCUT2D eigenvalue weighted by molar-refractivity contribution is 0.0771. The number of fused-ring (bicyclic) bond motifs is 2. The zero-order chi connectivity index (χ0) is 17.0. The molecule has 0 bridgehead atoms. The number of rotatable bonds is 1. The molecule has 0 unspecified atom stereocenters. The van der Waals surface area contributed by atoms with Crippen LogP contribution >= 0.6 is 0 Å². The van der Waals surface area contributed by atoms with E-state index in [2.05, 4.69) is 0 Å². The first-order chi connectivity index (χ1) is 11.5. The second kappa shape index (κ2) is 5.06. The van der Waals surface area contributed by atoms with Crippen molar-refractivity contribution in [1.82, 2.24) is 4.90 Å². The van der Waals surface area contributed by atoms with Gasteiger partial charge in [0.05, 0.1) is 17.0 Å². The molecule has 4 heteroatoms. The van der Waals surface area contributed by atoms with Gasteiger partial charge in [-0.25, -0.2) is 0 Å². The molecule has 0 aliphatic carbocycles. The lowest BCUT2D eigenvalue weighted by Gasteiger charge is -2.20. The van der Waals surface area contributed by atoms with E-state index < -0.39 is 6.04 Å². The highest BCUT2D eigenvalue weighted by molar-refractivity contribution is 5.98. The maximum Gasteiger partial charge on any atom is 0.290 e. The Hall–Kier alpha value is -2.88. The van der Waals surface area contributed by atoms with Gasteiger partial charge in [0.1, 0.15) is 5.58 Å². The van der Waals surface area contributed by atoms with Gasteiger partial charge in [-0.1, -0.05) is 41.5 Å². The third-order valence-electron chi connectivity index (χ3n) is 4.65. The second-order valence-electron chi connectivity index (χ2n) is 6.40. The second-order valence-corrected chi connectivity index (χ2v) is 6.40. The number of hydrogen-bond acceptors (Lipinski definition) is 3. The van der Waals surface area contributed by atoms with Crippen molar-refractivity contribution in [3.63, 3.8) is 0 Å². The first kappa shape index (κ1) is 14.7. The van der Waals surface area contributed by atoms with Gasteiger partial charge in [-0.05, 0) is 31.5 Å². The fraction of sp³-hybridized carbons (Fsp3) is 0.200. The summed E-state index contributed by atoms with van der Waals surface area (Å²) in [6.45, 7) is 3.94. The molecule has 4 nitrogen and oxygen atoms in total. The highest BCUT2D eigenvalue weighted by Gasteiger charge is 2.40. The number of aryl methyl sites for hydroxylation is 2. The number of carbonyl (C=O) groups is 1. The molecule has 24 heavy (non-hydrogen) atoms. The largest absolute Gasteiger partial charge is 0.450 e. The van der Waals surface area contributed by atoms with Crippen molar-refractivity contribution in [1.29, 1.82) is 0 Å². The summed E-state index contributed by atoms with van der Waals surface area (Å²) in [6.07, 6.45) is 0. The van der Waals surface area contributed by atoms with Gasteiger partial charge in [0.25, 0.3) is 5.91 Å². The molecule has 2 heterocycles. The predicted octanol–water partition coefficient (Wildman–Crippen LogP) is 3.58. The van der Waals surface area contributed by atoms with E-state index in [1.807, 2.05) is 50.2 Å². The molecule has 0 fully saturated rings. The Labute approximate surface area is 139 Å². The van der Waals surface area contributed by atoms with Gasteiger partial charge < -0.3 is 9.32 Å². The van der Waals surface area contributed by atoms with E-state index >= 15 is 0 Å². The van der Waals surface area contributed by atoms with Gasteiger partial charge in [-0.15, -0.1) is 0 Å². The van der Waals surface area contributed by atoms with Crippen LogP contribution in [0.25, 0.3) is 11.0 Å². The van der Waals surface area contributed by atoms with Crippen LogP contribution in [0.3, 0.4) is 0 Å². The monoisotopic (exact) mass is 319 g/mol. The smallest absolute Gasteiger partial charge is 0.290 e. The Morgan fingerprint density at radius 1 is 0.958 bits per heavy atom. The topological polar surface area (TPSA) is 50.5 Å². The first-order valence-corrected chi connectivity index (χ1v) is 7.88. The minimum absolute atomic E-state index is 0.127. The molecular formula is C20H17NO3. The van der Waals surface area contributed by atoms with Crippen LogP contribution in [0, 0.1) is 13.8 Å². The summed E-state index contributed by atoms with van der Waals surface area (Å²) in [6, 6.07) is 12.9. The van der Waals surface area contributed by atoms with E-state index in [0.717, 1.165) is 16.7 Å². The molecule has 120 valence electrons. The molecule has 1 aliphatic rings. The summed E-state index contributed by atoms with van der Waals surface area (Å²) >= 11 is 0. The van der Waals surface area contributed by atoms with Crippen molar-refractivity contribution in [2.75, 3.05) is 7.05 Å². The number of amides is 1. The van der Waals surface area contributed by atoms with Crippen LogP contribution in [0.15, 0.2) is 51.7 Å². The van der Waals surface area contributed by atoms with Crippen LogP contribution < -0.4 is 5.43 Å². The van der Waals surface area contributed by atoms with E-state index in [4.69, 9.17) is 4.42 Å². The fourth-order valence-corrected chi connectivity index (χ4v) is 3.34. The van der Waals surface area contributed by atoms with E-state index in [9.17, 15) is 9.59 Å². The lowest BCUT2D eigenvalue weighted by Crippen LogP contribution is -2.25. The molecule has 0 spiro atoms. The first-order valence-electron chi connectivity index (χ1n) is 7.88. The Morgan fingerprint density at radius 3 is 2.33 bits per heavy atom. The number of carbonyl (C=O) groups excluding carboxylic acids is 1. The van der Waals surface area contributed by atoms with Gasteiger partial charge in [0, 0.05) is 7.05 Å². The lowest BCUT2D eigenvalue weighted by atomic mass is 9.97. The summed E-state index contributed by atoms with van der Waals surface area (Å²) in [7, 11) is 1.71. The molecule has 0 saturated carbocycles. The van der Waals surface area contributed by atoms with Gasteiger partial charge >= 0.3 is 0 Å². The molecule has 0 N–H and O–H groups in total. The van der Waals surface area contributed by atoms with Crippen molar-refractivity contribution in [3.05, 3.63) is 80.7 Å². The molecule has 1 amide bonds. The summed E-state index contributed by atoms with van der Waals surface area (Å²) in [5.41, 5.74) is 3.79. The maximum absolute atomic E-state index is 13.1. The number of benzene rings is 2. The van der Waals surface area contributed by atoms with Gasteiger partial charge in [-0.3, -0.25) is 9.59 Å². The molecule has 0 radical (unpaired) electrons. The molecule has 1 atom stereocenters. The zero-order valence-corrected chi connectivity index (χ0v) is 13.8. The third-order valence-corrected chi connectivity index (χ3v) is 4.65. The van der Waals surface area contributed by atoms with E-state index in [-0.39, 0.29) is 17.1 Å². The van der Waals surface area contributed by atoms with Gasteiger partial charge in [0.2, 0.25) is 5.76 Å². The van der Waals surface area contributed by atoms with Crippen LogP contribution in [-0.4, -0.2) is 17.9 Å². The van der Waals surface area contributed by atoms with Crippen molar-refractivity contribution in [2.45, 2.75) is 19.9 Å². The van der Waals surface area contributed by atoms with Crippen LogP contribution in [0.2, 0.25) is 0 Å². The molecule has 1 aromatic heterocycles. The molecule has 1 aliphatic heterocycles. The summed E-state index contributed by atoms with van der Waals surface area (Å²) < 4.78 is 5.81. The maximum atomic E-state index is 13.1. The van der Waals surface area contributed by atoms with E-state index in [1.165, 1.54) is 0 Å².